The summed E-state index contributed by atoms with van der Waals surface area (Å²) in [5.41, 5.74) is 0.0532. The highest BCUT2D eigenvalue weighted by Crippen LogP contribution is 2.28. The Morgan fingerprint density at radius 3 is 2.50 bits per heavy atom. The van der Waals surface area contributed by atoms with Crippen LogP contribution in [0, 0.1) is 17.0 Å². The Labute approximate surface area is 145 Å². The summed E-state index contributed by atoms with van der Waals surface area (Å²) in [6, 6.07) is 7.33. The van der Waals surface area contributed by atoms with E-state index in [0.29, 0.717) is 5.56 Å². The number of anilines is 1. The summed E-state index contributed by atoms with van der Waals surface area (Å²) in [4.78, 5) is 20.9. The van der Waals surface area contributed by atoms with Gasteiger partial charge in [0, 0.05) is 16.6 Å². The van der Waals surface area contributed by atoms with Gasteiger partial charge in [-0.1, -0.05) is 6.07 Å². The molecule has 0 spiro atoms. The van der Waals surface area contributed by atoms with Crippen LogP contribution in [0.4, 0.5) is 11.4 Å². The van der Waals surface area contributed by atoms with Crippen LogP contribution in [-0.2, 0) is 10.0 Å². The Morgan fingerprint density at radius 1 is 1.25 bits per heavy atom. The van der Waals surface area contributed by atoms with Crippen molar-refractivity contribution in [3.63, 3.8) is 0 Å². The fraction of sp³-hybridized carbons (Fsp3) is 0.0714. The molecule has 0 aromatic heterocycles. The van der Waals surface area contributed by atoms with E-state index in [0.717, 1.165) is 12.1 Å². The topological polar surface area (TPSA) is 127 Å². The number of carboxylic acids is 1. The summed E-state index contributed by atoms with van der Waals surface area (Å²) in [6.45, 7) is 1.59. The molecule has 2 N–H and O–H groups in total. The summed E-state index contributed by atoms with van der Waals surface area (Å²) in [5, 5.41) is 19.8. The van der Waals surface area contributed by atoms with E-state index >= 15 is 0 Å². The van der Waals surface area contributed by atoms with Gasteiger partial charge in [0.1, 0.15) is 4.90 Å². The monoisotopic (exact) mass is 414 g/mol. The Morgan fingerprint density at radius 2 is 1.92 bits per heavy atom. The fourth-order valence-corrected chi connectivity index (χ4v) is 3.99. The maximum absolute atomic E-state index is 12.5. The van der Waals surface area contributed by atoms with E-state index < -0.39 is 20.9 Å². The number of rotatable bonds is 5. The van der Waals surface area contributed by atoms with Gasteiger partial charge < -0.3 is 5.11 Å². The minimum atomic E-state index is -4.15. The number of nitrogens with zero attached hydrogens (tertiary/aromatic N) is 1. The molecule has 0 heterocycles. The van der Waals surface area contributed by atoms with Gasteiger partial charge in [0.25, 0.3) is 15.7 Å². The molecule has 10 heteroatoms. The lowest BCUT2D eigenvalue weighted by Crippen LogP contribution is -2.15. The molecular weight excluding hydrogens is 404 g/mol. The quantitative estimate of drug-likeness (QED) is 0.571. The molecule has 0 aliphatic carbocycles. The van der Waals surface area contributed by atoms with E-state index in [2.05, 4.69) is 20.7 Å². The number of carbonyl (C=O) groups is 1. The van der Waals surface area contributed by atoms with E-state index in [1.807, 2.05) is 0 Å². The molecule has 0 fully saturated rings. The smallest absolute Gasteiger partial charge is 0.335 e. The number of nitro benzene ring substituents is 1. The molecule has 0 radical (unpaired) electrons. The molecule has 0 aliphatic rings. The van der Waals surface area contributed by atoms with Crippen molar-refractivity contribution < 1.29 is 23.2 Å². The summed E-state index contributed by atoms with van der Waals surface area (Å²) >= 11 is 3.06. The second-order valence-corrected chi connectivity index (χ2v) is 7.32. The Balaban J connectivity index is 2.50. The first kappa shape index (κ1) is 17.9. The number of nitrogens with one attached hydrogen (secondary N) is 1. The van der Waals surface area contributed by atoms with Crippen molar-refractivity contribution in [2.75, 3.05) is 4.72 Å². The molecule has 126 valence electrons. The number of sulfonamides is 1. The van der Waals surface area contributed by atoms with Gasteiger partial charge in [0.15, 0.2) is 0 Å². The number of non-ortho nitro benzene ring substituents is 1. The zero-order valence-corrected chi connectivity index (χ0v) is 14.6. The van der Waals surface area contributed by atoms with Gasteiger partial charge in [0.2, 0.25) is 0 Å². The molecule has 0 bridgehead atoms. The molecule has 0 unspecified atom stereocenters. The number of aromatic carboxylic acids is 1. The predicted molar refractivity (Wildman–Crippen MR) is 89.7 cm³/mol. The van der Waals surface area contributed by atoms with Crippen molar-refractivity contribution in [1.29, 1.82) is 0 Å². The molecule has 8 nitrogen and oxygen atoms in total. The third-order valence-electron chi connectivity index (χ3n) is 3.14. The highest BCUT2D eigenvalue weighted by atomic mass is 79.9. The average Bonchev–Trinajstić information content (AvgIpc) is 2.49. The Hall–Kier alpha value is -2.46. The molecule has 24 heavy (non-hydrogen) atoms. The number of nitro groups is 1. The molecule has 0 amide bonds. The van der Waals surface area contributed by atoms with Crippen molar-refractivity contribution in [1.82, 2.24) is 0 Å². The second kappa shape index (κ2) is 6.57. The van der Waals surface area contributed by atoms with E-state index in [4.69, 9.17) is 5.11 Å². The summed E-state index contributed by atoms with van der Waals surface area (Å²) in [5.74, 6) is -1.27. The Kier molecular flexibility index (Phi) is 4.90. The van der Waals surface area contributed by atoms with Crippen LogP contribution in [0.5, 0.6) is 0 Å². The van der Waals surface area contributed by atoms with Crippen LogP contribution < -0.4 is 4.72 Å². The van der Waals surface area contributed by atoms with Crippen molar-refractivity contribution in [2.45, 2.75) is 11.8 Å². The van der Waals surface area contributed by atoms with Gasteiger partial charge >= 0.3 is 5.97 Å². The minimum Gasteiger partial charge on any atom is -0.478 e. The maximum Gasteiger partial charge on any atom is 0.335 e. The lowest BCUT2D eigenvalue weighted by molar-refractivity contribution is -0.384. The van der Waals surface area contributed by atoms with Crippen molar-refractivity contribution in [3.8, 4) is 0 Å². The highest BCUT2D eigenvalue weighted by Gasteiger charge is 2.21. The standard InChI is InChI=1S/C14H11BrN2O6S/c1-8-2-4-10(17(20)21)7-12(8)16-24(22,23)13-6-9(14(18)19)3-5-11(13)15/h2-7,16H,1H3,(H,18,19). The average molecular weight is 415 g/mol. The van der Waals surface area contributed by atoms with Crippen LogP contribution in [-0.4, -0.2) is 24.4 Å². The summed E-state index contributed by atoms with van der Waals surface area (Å²) < 4.78 is 27.5. The molecule has 0 saturated carbocycles. The normalized spacial score (nSPS) is 11.1. The van der Waals surface area contributed by atoms with Crippen LogP contribution in [0.3, 0.4) is 0 Å². The number of hydrogen-bond acceptors (Lipinski definition) is 5. The summed E-state index contributed by atoms with van der Waals surface area (Å²) in [7, 11) is -4.15. The largest absolute Gasteiger partial charge is 0.478 e. The minimum absolute atomic E-state index is 0.0387. The number of halogens is 1. The first-order valence-electron chi connectivity index (χ1n) is 6.42. The van der Waals surface area contributed by atoms with Gasteiger partial charge in [-0.15, -0.1) is 0 Å². The van der Waals surface area contributed by atoms with Gasteiger partial charge in [-0.05, 0) is 46.6 Å². The molecule has 0 atom stereocenters. The van der Waals surface area contributed by atoms with Gasteiger partial charge in [-0.2, -0.15) is 0 Å². The number of benzene rings is 2. The zero-order valence-electron chi connectivity index (χ0n) is 12.2. The van der Waals surface area contributed by atoms with Crippen molar-refractivity contribution >= 4 is 43.3 Å². The zero-order chi connectivity index (χ0) is 18.1. The van der Waals surface area contributed by atoms with E-state index in [1.54, 1.807) is 6.92 Å². The third-order valence-corrected chi connectivity index (χ3v) is 5.50. The Bertz CT molecular complexity index is 942. The lowest BCUT2D eigenvalue weighted by Gasteiger charge is -2.12. The molecule has 0 saturated heterocycles. The van der Waals surface area contributed by atoms with Crippen molar-refractivity contribution in [3.05, 3.63) is 62.1 Å². The van der Waals surface area contributed by atoms with Crippen LogP contribution in [0.1, 0.15) is 15.9 Å². The van der Waals surface area contributed by atoms with Crippen LogP contribution in [0.25, 0.3) is 0 Å². The molecule has 2 rings (SSSR count). The van der Waals surface area contributed by atoms with Gasteiger partial charge in [0.05, 0.1) is 16.2 Å². The van der Waals surface area contributed by atoms with E-state index in [9.17, 15) is 23.3 Å². The highest BCUT2D eigenvalue weighted by molar-refractivity contribution is 9.10. The SMILES string of the molecule is Cc1ccc([N+](=O)[O-])cc1NS(=O)(=O)c1cc(C(=O)O)ccc1Br. The van der Waals surface area contributed by atoms with Gasteiger partial charge in [-0.3, -0.25) is 14.8 Å². The first-order chi connectivity index (χ1) is 11.1. The molecular formula is C14H11BrN2O6S. The fourth-order valence-electron chi connectivity index (χ4n) is 1.88. The van der Waals surface area contributed by atoms with Crippen LogP contribution in [0.2, 0.25) is 0 Å². The second-order valence-electron chi connectivity index (χ2n) is 4.81. The molecule has 2 aromatic rings. The van der Waals surface area contributed by atoms with Crippen LogP contribution >= 0.6 is 15.9 Å². The maximum atomic E-state index is 12.5. The van der Waals surface area contributed by atoms with Crippen molar-refractivity contribution in [2.24, 2.45) is 0 Å². The predicted octanol–water partition coefficient (Wildman–Crippen LogP) is 3.16. The lowest BCUT2D eigenvalue weighted by atomic mass is 10.2. The van der Waals surface area contributed by atoms with E-state index in [-0.39, 0.29) is 26.3 Å². The first-order valence-corrected chi connectivity index (χ1v) is 8.70. The number of aryl methyl sites for hydroxylation is 1. The van der Waals surface area contributed by atoms with E-state index in [1.165, 1.54) is 24.3 Å². The molecule has 2 aromatic carbocycles. The van der Waals surface area contributed by atoms with Gasteiger partial charge in [-0.25, -0.2) is 13.2 Å². The molecule has 0 aliphatic heterocycles. The number of carboxylic acid groups (broad SMARTS) is 1. The third kappa shape index (κ3) is 3.71. The summed E-state index contributed by atoms with van der Waals surface area (Å²) in [6.07, 6.45) is 0. The number of hydrogen-bond donors (Lipinski definition) is 2. The van der Waals surface area contributed by atoms with Crippen LogP contribution in [0.15, 0.2) is 45.8 Å².